The molecule has 1 aromatic carbocycles. The van der Waals surface area contributed by atoms with Gasteiger partial charge in [0.1, 0.15) is 0 Å². The van der Waals surface area contributed by atoms with E-state index in [1.807, 2.05) is 12.1 Å². The van der Waals surface area contributed by atoms with Gasteiger partial charge in [-0.25, -0.2) is 4.79 Å². The van der Waals surface area contributed by atoms with Crippen LogP contribution in [0.4, 0.5) is 0 Å². The first-order chi connectivity index (χ1) is 10.1. The molecule has 1 heterocycles. The monoisotopic (exact) mass is 351 g/mol. The number of rotatable bonds is 6. The van der Waals surface area contributed by atoms with Gasteiger partial charge in [-0.15, -0.1) is 0 Å². The average Bonchev–Trinajstić information content (AvgIpc) is 2.95. The van der Waals surface area contributed by atoms with Crippen molar-refractivity contribution >= 4 is 21.9 Å². The molecule has 1 aromatic heterocycles. The van der Waals surface area contributed by atoms with Gasteiger partial charge >= 0.3 is 5.97 Å². The van der Waals surface area contributed by atoms with Crippen LogP contribution in [-0.2, 0) is 17.7 Å². The third-order valence-electron chi connectivity index (χ3n) is 3.21. The van der Waals surface area contributed by atoms with Gasteiger partial charge in [0.2, 0.25) is 5.76 Å². The van der Waals surface area contributed by atoms with Gasteiger partial charge in [-0.2, -0.15) is 0 Å². The summed E-state index contributed by atoms with van der Waals surface area (Å²) in [7, 11) is 1.35. The average molecular weight is 352 g/mol. The summed E-state index contributed by atoms with van der Waals surface area (Å²) >= 11 is 3.43. The Bertz CT molecular complexity index is 592. The molecule has 0 saturated heterocycles. The first-order valence-electron chi connectivity index (χ1n) is 6.72. The van der Waals surface area contributed by atoms with E-state index in [4.69, 9.17) is 4.42 Å². The zero-order valence-electron chi connectivity index (χ0n) is 12.1. The molecule has 0 bridgehead atoms. The van der Waals surface area contributed by atoms with Crippen LogP contribution in [0, 0.1) is 0 Å². The Balaban J connectivity index is 1.89. The second kappa shape index (κ2) is 7.43. The number of carbonyl (C=O) groups is 1. The van der Waals surface area contributed by atoms with E-state index in [9.17, 15) is 4.79 Å². The number of furan rings is 1. The number of carbonyl (C=O) groups excluding carboxylic acids is 1. The van der Waals surface area contributed by atoms with Crippen molar-refractivity contribution in [3.8, 4) is 0 Å². The molecule has 21 heavy (non-hydrogen) atoms. The van der Waals surface area contributed by atoms with Crippen LogP contribution in [0.25, 0.3) is 0 Å². The fraction of sp³-hybridized carbons (Fsp3) is 0.312. The molecule has 0 saturated carbocycles. The van der Waals surface area contributed by atoms with Gasteiger partial charge in [0.25, 0.3) is 0 Å². The molecule has 2 aromatic rings. The summed E-state index contributed by atoms with van der Waals surface area (Å²) in [5.74, 6) is -0.182. The van der Waals surface area contributed by atoms with Crippen molar-refractivity contribution in [2.24, 2.45) is 0 Å². The Morgan fingerprint density at radius 3 is 2.71 bits per heavy atom. The molecule has 0 amide bonds. The molecule has 1 N–H and O–H groups in total. The van der Waals surface area contributed by atoms with E-state index in [0.29, 0.717) is 6.54 Å². The molecule has 1 unspecified atom stereocenters. The summed E-state index contributed by atoms with van der Waals surface area (Å²) < 4.78 is 10.9. The van der Waals surface area contributed by atoms with E-state index in [2.05, 4.69) is 45.0 Å². The first kappa shape index (κ1) is 15.8. The van der Waals surface area contributed by atoms with Crippen LogP contribution >= 0.6 is 15.9 Å². The molecular formula is C16H18BrNO3. The fourth-order valence-corrected chi connectivity index (χ4v) is 2.34. The summed E-state index contributed by atoms with van der Waals surface area (Å²) in [6.07, 6.45) is 2.42. The molecule has 0 fully saturated rings. The quantitative estimate of drug-likeness (QED) is 0.808. The molecule has 112 valence electrons. The third-order valence-corrected chi connectivity index (χ3v) is 3.74. The van der Waals surface area contributed by atoms with Gasteiger partial charge in [0.15, 0.2) is 0 Å². The van der Waals surface area contributed by atoms with Gasteiger partial charge in [0, 0.05) is 22.6 Å². The summed E-state index contributed by atoms with van der Waals surface area (Å²) in [6.45, 7) is 2.68. The van der Waals surface area contributed by atoms with Gasteiger partial charge < -0.3 is 14.5 Å². The molecule has 0 radical (unpaired) electrons. The largest absolute Gasteiger partial charge is 0.463 e. The van der Waals surface area contributed by atoms with E-state index in [0.717, 1.165) is 16.5 Å². The van der Waals surface area contributed by atoms with E-state index in [1.165, 1.54) is 18.9 Å². The normalized spacial score (nSPS) is 12.1. The first-order valence-corrected chi connectivity index (χ1v) is 7.52. The van der Waals surface area contributed by atoms with Gasteiger partial charge in [0.05, 0.1) is 13.4 Å². The lowest BCUT2D eigenvalue weighted by molar-refractivity contribution is 0.0563. The van der Waals surface area contributed by atoms with Gasteiger partial charge in [-0.05, 0) is 37.1 Å². The zero-order chi connectivity index (χ0) is 15.2. The van der Waals surface area contributed by atoms with E-state index < -0.39 is 5.97 Å². The van der Waals surface area contributed by atoms with Crippen LogP contribution in [0.15, 0.2) is 45.5 Å². The van der Waals surface area contributed by atoms with E-state index in [-0.39, 0.29) is 11.8 Å². The number of hydrogen-bond donors (Lipinski definition) is 1. The number of esters is 1. The second-order valence-corrected chi connectivity index (χ2v) is 5.79. The predicted molar refractivity (Wildman–Crippen MR) is 84.2 cm³/mol. The van der Waals surface area contributed by atoms with Crippen molar-refractivity contribution < 1.29 is 13.9 Å². The highest BCUT2D eigenvalue weighted by Gasteiger charge is 2.16. The van der Waals surface area contributed by atoms with Crippen LogP contribution in [0.1, 0.15) is 28.6 Å². The lowest BCUT2D eigenvalue weighted by Crippen LogP contribution is -2.28. The molecule has 1 atom stereocenters. The van der Waals surface area contributed by atoms with Gasteiger partial charge in [-0.1, -0.05) is 28.1 Å². The number of methoxy groups -OCH3 is 1. The number of halogens is 1. The standard InChI is InChI=1S/C16H18BrNO3/c1-11(9-12-3-5-14(17)6-4-12)18-10-13-7-8-21-15(13)16(19)20-2/h3-8,11,18H,9-10H2,1-2H3. The maximum Gasteiger partial charge on any atom is 0.374 e. The highest BCUT2D eigenvalue weighted by molar-refractivity contribution is 9.10. The van der Waals surface area contributed by atoms with Crippen LogP contribution in [-0.4, -0.2) is 19.1 Å². The molecule has 5 heteroatoms. The SMILES string of the molecule is COC(=O)c1occc1CNC(C)Cc1ccc(Br)cc1. The van der Waals surface area contributed by atoms with Crippen LogP contribution in [0.5, 0.6) is 0 Å². The molecule has 2 rings (SSSR count). The smallest absolute Gasteiger partial charge is 0.374 e. The lowest BCUT2D eigenvalue weighted by Gasteiger charge is -2.13. The van der Waals surface area contributed by atoms with Crippen LogP contribution in [0.3, 0.4) is 0 Å². The Morgan fingerprint density at radius 1 is 1.33 bits per heavy atom. The maximum atomic E-state index is 11.5. The van der Waals surface area contributed by atoms with Gasteiger partial charge in [-0.3, -0.25) is 0 Å². The predicted octanol–water partition coefficient (Wildman–Crippen LogP) is 3.55. The number of nitrogens with one attached hydrogen (secondary N) is 1. The molecular weight excluding hydrogens is 334 g/mol. The zero-order valence-corrected chi connectivity index (χ0v) is 13.6. The molecule has 0 aliphatic heterocycles. The fourth-order valence-electron chi connectivity index (χ4n) is 2.08. The van der Waals surface area contributed by atoms with Crippen molar-refractivity contribution in [3.05, 3.63) is 58.0 Å². The van der Waals surface area contributed by atoms with Crippen molar-refractivity contribution in [2.75, 3.05) is 7.11 Å². The molecule has 0 spiro atoms. The van der Waals surface area contributed by atoms with Crippen molar-refractivity contribution in [3.63, 3.8) is 0 Å². The highest BCUT2D eigenvalue weighted by Crippen LogP contribution is 2.14. The van der Waals surface area contributed by atoms with Crippen LogP contribution < -0.4 is 5.32 Å². The topological polar surface area (TPSA) is 51.5 Å². The Hall–Kier alpha value is -1.59. The maximum absolute atomic E-state index is 11.5. The summed E-state index contributed by atoms with van der Waals surface area (Å²) in [5.41, 5.74) is 2.07. The summed E-state index contributed by atoms with van der Waals surface area (Å²) in [6, 6.07) is 10.3. The highest BCUT2D eigenvalue weighted by atomic mass is 79.9. The lowest BCUT2D eigenvalue weighted by atomic mass is 10.1. The molecule has 0 aliphatic carbocycles. The van der Waals surface area contributed by atoms with Crippen molar-refractivity contribution in [1.29, 1.82) is 0 Å². The Labute approximate surface area is 132 Å². The number of ether oxygens (including phenoxy) is 1. The minimum atomic E-state index is -0.447. The van der Waals surface area contributed by atoms with Crippen molar-refractivity contribution in [1.82, 2.24) is 5.32 Å². The molecule has 0 aliphatic rings. The van der Waals surface area contributed by atoms with E-state index >= 15 is 0 Å². The third kappa shape index (κ3) is 4.44. The molecule has 4 nitrogen and oxygen atoms in total. The summed E-state index contributed by atoms with van der Waals surface area (Å²) in [4.78, 5) is 11.5. The number of benzene rings is 1. The van der Waals surface area contributed by atoms with Crippen LogP contribution in [0.2, 0.25) is 0 Å². The summed E-state index contributed by atoms with van der Waals surface area (Å²) in [5, 5.41) is 3.39. The number of hydrogen-bond acceptors (Lipinski definition) is 4. The Morgan fingerprint density at radius 2 is 2.05 bits per heavy atom. The minimum absolute atomic E-state index is 0.265. The minimum Gasteiger partial charge on any atom is -0.463 e. The second-order valence-electron chi connectivity index (χ2n) is 4.88. The van der Waals surface area contributed by atoms with Crippen molar-refractivity contribution in [2.45, 2.75) is 25.9 Å². The Kier molecular flexibility index (Phi) is 5.59. The van der Waals surface area contributed by atoms with E-state index in [1.54, 1.807) is 6.07 Å².